The summed E-state index contributed by atoms with van der Waals surface area (Å²) in [5, 5.41) is 2.77. The number of hydrogen-bond acceptors (Lipinski definition) is 5. The molecule has 2 aromatic rings. The highest BCUT2D eigenvalue weighted by Gasteiger charge is 2.23. The van der Waals surface area contributed by atoms with Gasteiger partial charge in [0.2, 0.25) is 5.91 Å². The van der Waals surface area contributed by atoms with Gasteiger partial charge in [-0.15, -0.1) is 0 Å². The Kier molecular flexibility index (Phi) is 7.69. The lowest BCUT2D eigenvalue weighted by Crippen LogP contribution is -2.37. The molecule has 0 aliphatic carbocycles. The van der Waals surface area contributed by atoms with Crippen molar-refractivity contribution in [2.45, 2.75) is 38.3 Å². The number of furan rings is 1. The van der Waals surface area contributed by atoms with E-state index in [2.05, 4.69) is 5.32 Å². The van der Waals surface area contributed by atoms with E-state index in [-0.39, 0.29) is 23.7 Å². The molecule has 1 saturated heterocycles. The minimum atomic E-state index is -0.271. The van der Waals surface area contributed by atoms with Crippen LogP contribution >= 0.6 is 0 Å². The molecule has 1 unspecified atom stereocenters. The lowest BCUT2D eigenvalue weighted by Gasteiger charge is -2.26. The van der Waals surface area contributed by atoms with Crippen LogP contribution in [0.25, 0.3) is 0 Å². The molecule has 29 heavy (non-hydrogen) atoms. The van der Waals surface area contributed by atoms with E-state index in [4.69, 9.17) is 13.9 Å². The van der Waals surface area contributed by atoms with Gasteiger partial charge in [-0.25, -0.2) is 0 Å². The fourth-order valence-corrected chi connectivity index (χ4v) is 3.42. The number of rotatable bonds is 10. The molecular formula is C22H28N2O5. The van der Waals surface area contributed by atoms with Gasteiger partial charge in [0, 0.05) is 38.2 Å². The number of benzene rings is 1. The van der Waals surface area contributed by atoms with Crippen LogP contribution in [0, 0.1) is 0 Å². The molecular weight excluding hydrogens is 372 g/mol. The first-order valence-electron chi connectivity index (χ1n) is 10.0. The Hall–Kier alpha value is -2.80. The standard InChI is InChI=1S/C22H28N2O5/c1-27-19-9-3-2-7-17(19)15-24(16-18-8-5-13-28-18)21(25)11-4-12-23-22(26)20-10-6-14-29-20/h2-3,6-7,9-10,14,18H,4-5,8,11-13,15-16H2,1H3,(H,23,26). The van der Waals surface area contributed by atoms with Gasteiger partial charge in [0.25, 0.3) is 5.91 Å². The highest BCUT2D eigenvalue weighted by molar-refractivity contribution is 5.91. The number of ether oxygens (including phenoxy) is 2. The van der Waals surface area contributed by atoms with Crippen LogP contribution in [-0.4, -0.2) is 49.6 Å². The first-order chi connectivity index (χ1) is 14.2. The van der Waals surface area contributed by atoms with Crippen LogP contribution in [0.3, 0.4) is 0 Å². The molecule has 0 spiro atoms. The van der Waals surface area contributed by atoms with Crippen LogP contribution in [0.2, 0.25) is 0 Å². The molecule has 2 heterocycles. The summed E-state index contributed by atoms with van der Waals surface area (Å²) in [6, 6.07) is 11.0. The van der Waals surface area contributed by atoms with Gasteiger partial charge in [0.15, 0.2) is 5.76 Å². The van der Waals surface area contributed by atoms with Crippen molar-refractivity contribution in [3.63, 3.8) is 0 Å². The molecule has 2 amide bonds. The SMILES string of the molecule is COc1ccccc1CN(CC1CCCO1)C(=O)CCCNC(=O)c1ccco1. The van der Waals surface area contributed by atoms with Crippen molar-refractivity contribution in [2.75, 3.05) is 26.8 Å². The highest BCUT2D eigenvalue weighted by Crippen LogP contribution is 2.22. The maximum atomic E-state index is 12.9. The summed E-state index contributed by atoms with van der Waals surface area (Å²) in [6.07, 6.45) is 4.43. The Morgan fingerprint density at radius 3 is 2.83 bits per heavy atom. The van der Waals surface area contributed by atoms with Gasteiger partial charge in [0.1, 0.15) is 5.75 Å². The molecule has 1 fully saturated rings. The maximum absolute atomic E-state index is 12.9. The predicted octanol–water partition coefficient (Wildman–Crippen LogP) is 3.01. The molecule has 3 rings (SSSR count). The largest absolute Gasteiger partial charge is 0.496 e. The van der Waals surface area contributed by atoms with E-state index in [0.717, 1.165) is 30.8 Å². The fraction of sp³-hybridized carbons (Fsp3) is 0.455. The lowest BCUT2D eigenvalue weighted by molar-refractivity contribution is -0.133. The molecule has 0 saturated carbocycles. The highest BCUT2D eigenvalue weighted by atomic mass is 16.5. The van der Waals surface area contributed by atoms with Gasteiger partial charge in [-0.1, -0.05) is 18.2 Å². The molecule has 7 nitrogen and oxygen atoms in total. The average Bonchev–Trinajstić information content (AvgIpc) is 3.45. The first kappa shape index (κ1) is 20.9. The van der Waals surface area contributed by atoms with Gasteiger partial charge >= 0.3 is 0 Å². The van der Waals surface area contributed by atoms with Crippen LogP contribution in [-0.2, 0) is 16.1 Å². The average molecular weight is 400 g/mol. The summed E-state index contributed by atoms with van der Waals surface area (Å²) in [5.41, 5.74) is 0.965. The molecule has 1 atom stereocenters. The van der Waals surface area contributed by atoms with Crippen molar-refractivity contribution in [1.29, 1.82) is 0 Å². The number of amides is 2. The molecule has 1 N–H and O–H groups in total. The summed E-state index contributed by atoms with van der Waals surface area (Å²) >= 11 is 0. The van der Waals surface area contributed by atoms with E-state index in [1.165, 1.54) is 6.26 Å². The second kappa shape index (κ2) is 10.7. The molecule has 1 aromatic carbocycles. The van der Waals surface area contributed by atoms with Crippen LogP contribution in [0.1, 0.15) is 41.8 Å². The number of nitrogens with zero attached hydrogens (tertiary/aromatic N) is 1. The van der Waals surface area contributed by atoms with Gasteiger partial charge in [-0.05, 0) is 37.5 Å². The molecule has 0 bridgehead atoms. The molecule has 156 valence electrons. The van der Waals surface area contributed by atoms with Gasteiger partial charge < -0.3 is 24.1 Å². The van der Waals surface area contributed by atoms with E-state index >= 15 is 0 Å². The van der Waals surface area contributed by atoms with Crippen molar-refractivity contribution < 1.29 is 23.5 Å². The normalized spacial score (nSPS) is 15.8. The lowest BCUT2D eigenvalue weighted by atomic mass is 10.1. The summed E-state index contributed by atoms with van der Waals surface area (Å²) in [6.45, 7) is 2.20. The summed E-state index contributed by atoms with van der Waals surface area (Å²) in [5.74, 6) is 0.808. The van der Waals surface area contributed by atoms with E-state index < -0.39 is 0 Å². The summed E-state index contributed by atoms with van der Waals surface area (Å²) in [7, 11) is 1.63. The minimum absolute atomic E-state index is 0.0404. The Morgan fingerprint density at radius 1 is 1.24 bits per heavy atom. The number of methoxy groups -OCH3 is 1. The smallest absolute Gasteiger partial charge is 0.286 e. The van der Waals surface area contributed by atoms with Gasteiger partial charge in [-0.2, -0.15) is 0 Å². The van der Waals surface area contributed by atoms with Crippen molar-refractivity contribution in [3.8, 4) is 5.75 Å². The minimum Gasteiger partial charge on any atom is -0.496 e. The van der Waals surface area contributed by atoms with Crippen LogP contribution in [0.15, 0.2) is 47.1 Å². The Balaban J connectivity index is 1.54. The summed E-state index contributed by atoms with van der Waals surface area (Å²) < 4.78 is 16.2. The topological polar surface area (TPSA) is 81.0 Å². The van der Waals surface area contributed by atoms with Crippen molar-refractivity contribution in [1.82, 2.24) is 10.2 Å². The third kappa shape index (κ3) is 6.09. The third-order valence-corrected chi connectivity index (χ3v) is 4.95. The number of hydrogen-bond donors (Lipinski definition) is 1. The van der Waals surface area contributed by atoms with Crippen molar-refractivity contribution in [2.24, 2.45) is 0 Å². The van der Waals surface area contributed by atoms with E-state index in [9.17, 15) is 9.59 Å². The first-order valence-corrected chi connectivity index (χ1v) is 10.0. The van der Waals surface area contributed by atoms with Gasteiger partial charge in [0.05, 0.1) is 19.5 Å². The second-order valence-corrected chi connectivity index (χ2v) is 7.06. The predicted molar refractivity (Wildman–Crippen MR) is 108 cm³/mol. The van der Waals surface area contributed by atoms with E-state index in [1.807, 2.05) is 29.2 Å². The number of para-hydroxylation sites is 1. The molecule has 1 aliphatic rings. The van der Waals surface area contributed by atoms with Gasteiger partial charge in [-0.3, -0.25) is 9.59 Å². The zero-order valence-corrected chi connectivity index (χ0v) is 16.8. The fourth-order valence-electron chi connectivity index (χ4n) is 3.42. The second-order valence-electron chi connectivity index (χ2n) is 7.06. The van der Waals surface area contributed by atoms with E-state index in [1.54, 1.807) is 19.2 Å². The third-order valence-electron chi connectivity index (χ3n) is 4.95. The van der Waals surface area contributed by atoms with Crippen molar-refractivity contribution >= 4 is 11.8 Å². The monoisotopic (exact) mass is 400 g/mol. The quantitative estimate of drug-likeness (QED) is 0.620. The molecule has 1 aliphatic heterocycles. The zero-order valence-electron chi connectivity index (χ0n) is 16.8. The Bertz CT molecular complexity index is 784. The zero-order chi connectivity index (χ0) is 20.5. The van der Waals surface area contributed by atoms with Crippen LogP contribution in [0.5, 0.6) is 5.75 Å². The number of carbonyl (C=O) groups excluding carboxylic acids is 2. The van der Waals surface area contributed by atoms with Crippen LogP contribution in [0.4, 0.5) is 0 Å². The molecule has 1 aromatic heterocycles. The van der Waals surface area contributed by atoms with Crippen LogP contribution < -0.4 is 10.1 Å². The molecule has 7 heteroatoms. The molecule has 0 radical (unpaired) electrons. The maximum Gasteiger partial charge on any atom is 0.286 e. The summed E-state index contributed by atoms with van der Waals surface area (Å²) in [4.78, 5) is 26.6. The number of carbonyl (C=O) groups is 2. The Morgan fingerprint density at radius 2 is 2.10 bits per heavy atom. The number of nitrogens with one attached hydrogen (secondary N) is 1. The van der Waals surface area contributed by atoms with E-state index in [0.29, 0.717) is 32.5 Å². The Labute approximate surface area is 171 Å². The van der Waals surface area contributed by atoms with Crippen molar-refractivity contribution in [3.05, 3.63) is 54.0 Å².